The molecule has 2 aromatic rings. The van der Waals surface area contributed by atoms with Crippen LogP contribution in [-0.4, -0.2) is 15.8 Å². The summed E-state index contributed by atoms with van der Waals surface area (Å²) in [6, 6.07) is 9.78. The minimum Gasteiger partial charge on any atom is -0.328 e. The van der Waals surface area contributed by atoms with Crippen molar-refractivity contribution < 1.29 is 4.79 Å². The summed E-state index contributed by atoms with van der Waals surface area (Å²) in [6.07, 6.45) is 0. The zero-order chi connectivity index (χ0) is 14.3. The van der Waals surface area contributed by atoms with E-state index in [1.54, 1.807) is 12.1 Å². The van der Waals surface area contributed by atoms with Crippen LogP contribution in [-0.2, 0) is 13.1 Å². The molecule has 1 aromatic carbocycles. The van der Waals surface area contributed by atoms with Gasteiger partial charge in [-0.2, -0.15) is 0 Å². The minimum absolute atomic E-state index is 0.0309. The van der Waals surface area contributed by atoms with Gasteiger partial charge in [-0.25, -0.2) is 4.98 Å². The molecular weight excluding hydrogens is 272 g/mol. The van der Waals surface area contributed by atoms with E-state index in [1.807, 2.05) is 4.90 Å². The topological polar surface area (TPSA) is 33.2 Å². The summed E-state index contributed by atoms with van der Waals surface area (Å²) < 4.78 is 0. The highest BCUT2D eigenvalue weighted by Gasteiger charge is 2.28. The maximum atomic E-state index is 12.3. The van der Waals surface area contributed by atoms with E-state index in [2.05, 4.69) is 37.0 Å². The lowest BCUT2D eigenvalue weighted by atomic mass is 10.1. The van der Waals surface area contributed by atoms with E-state index < -0.39 is 0 Å². The molecule has 1 aliphatic heterocycles. The van der Waals surface area contributed by atoms with Crippen LogP contribution in [0.2, 0.25) is 5.15 Å². The van der Waals surface area contributed by atoms with Crippen LogP contribution in [0.15, 0.2) is 30.3 Å². The number of amides is 1. The molecule has 3 rings (SSSR count). The zero-order valence-electron chi connectivity index (χ0n) is 11.5. The van der Waals surface area contributed by atoms with E-state index in [4.69, 9.17) is 11.6 Å². The van der Waals surface area contributed by atoms with E-state index in [9.17, 15) is 4.79 Å². The normalized spacial score (nSPS) is 13.8. The van der Waals surface area contributed by atoms with Crippen LogP contribution in [0.1, 0.15) is 32.7 Å². The van der Waals surface area contributed by atoms with Crippen LogP contribution in [0.3, 0.4) is 0 Å². The summed E-state index contributed by atoms with van der Waals surface area (Å²) in [5.41, 5.74) is 5.01. The van der Waals surface area contributed by atoms with Gasteiger partial charge < -0.3 is 4.90 Å². The van der Waals surface area contributed by atoms with Crippen molar-refractivity contribution in [3.63, 3.8) is 0 Å². The molecule has 3 nitrogen and oxygen atoms in total. The summed E-state index contributed by atoms with van der Waals surface area (Å²) >= 11 is 5.88. The molecule has 1 amide bonds. The molecule has 1 aromatic heterocycles. The minimum atomic E-state index is 0.0309. The van der Waals surface area contributed by atoms with Crippen molar-refractivity contribution in [3.8, 4) is 0 Å². The standard InChI is InChI=1S/C16H15ClN2O/c1-10-5-11(2)7-12(6-10)8-19-9-14-13(16(19)20)3-4-15(17)18-14/h3-7H,8-9H2,1-2H3. The van der Waals surface area contributed by atoms with E-state index in [0.717, 1.165) is 11.3 Å². The second-order valence-electron chi connectivity index (χ2n) is 5.29. The molecule has 0 spiro atoms. The molecule has 0 saturated carbocycles. The number of carbonyl (C=O) groups excluding carboxylic acids is 1. The number of nitrogens with zero attached hydrogens (tertiary/aromatic N) is 2. The quantitative estimate of drug-likeness (QED) is 0.792. The van der Waals surface area contributed by atoms with Gasteiger partial charge in [0.1, 0.15) is 5.15 Å². The Kier molecular flexibility index (Phi) is 3.22. The maximum absolute atomic E-state index is 12.3. The molecule has 2 heterocycles. The monoisotopic (exact) mass is 286 g/mol. The number of hydrogen-bond acceptors (Lipinski definition) is 2. The Morgan fingerprint density at radius 2 is 1.90 bits per heavy atom. The lowest BCUT2D eigenvalue weighted by Gasteiger charge is -2.16. The molecule has 0 fully saturated rings. The molecule has 0 saturated heterocycles. The Labute approximate surface area is 123 Å². The molecule has 0 aliphatic carbocycles. The van der Waals surface area contributed by atoms with E-state index >= 15 is 0 Å². The number of aromatic nitrogens is 1. The van der Waals surface area contributed by atoms with Crippen molar-refractivity contribution in [2.75, 3.05) is 0 Å². The number of carbonyl (C=O) groups is 1. The van der Waals surface area contributed by atoms with Gasteiger partial charge in [0.2, 0.25) is 0 Å². The van der Waals surface area contributed by atoms with Gasteiger partial charge in [-0.05, 0) is 31.5 Å². The summed E-state index contributed by atoms with van der Waals surface area (Å²) in [5, 5.41) is 0.435. The van der Waals surface area contributed by atoms with Gasteiger partial charge in [-0.3, -0.25) is 4.79 Å². The SMILES string of the molecule is Cc1cc(C)cc(CN2Cc3nc(Cl)ccc3C2=O)c1. The van der Waals surface area contributed by atoms with Gasteiger partial charge in [0.15, 0.2) is 0 Å². The Morgan fingerprint density at radius 1 is 1.20 bits per heavy atom. The van der Waals surface area contributed by atoms with Gasteiger partial charge >= 0.3 is 0 Å². The summed E-state index contributed by atoms with van der Waals surface area (Å²) in [6.45, 7) is 5.27. The lowest BCUT2D eigenvalue weighted by molar-refractivity contribution is 0.0766. The second-order valence-corrected chi connectivity index (χ2v) is 5.67. The van der Waals surface area contributed by atoms with Gasteiger partial charge in [-0.1, -0.05) is 40.9 Å². The average molecular weight is 287 g/mol. The highest BCUT2D eigenvalue weighted by molar-refractivity contribution is 6.29. The fraction of sp³-hybridized carbons (Fsp3) is 0.250. The molecule has 102 valence electrons. The average Bonchev–Trinajstić information content (AvgIpc) is 2.64. The Balaban J connectivity index is 1.85. The third-order valence-corrected chi connectivity index (χ3v) is 3.66. The molecule has 4 heteroatoms. The predicted octanol–water partition coefficient (Wildman–Crippen LogP) is 3.51. The molecule has 0 radical (unpaired) electrons. The van der Waals surface area contributed by atoms with Gasteiger partial charge in [0, 0.05) is 6.54 Å². The van der Waals surface area contributed by atoms with Gasteiger partial charge in [-0.15, -0.1) is 0 Å². The Hall–Kier alpha value is -1.87. The van der Waals surface area contributed by atoms with E-state index in [1.165, 1.54) is 11.1 Å². The van der Waals surface area contributed by atoms with E-state index in [-0.39, 0.29) is 5.91 Å². The van der Waals surface area contributed by atoms with Crippen LogP contribution in [0.5, 0.6) is 0 Å². The summed E-state index contributed by atoms with van der Waals surface area (Å²) in [7, 11) is 0. The van der Waals surface area contributed by atoms with Crippen LogP contribution in [0, 0.1) is 13.8 Å². The van der Waals surface area contributed by atoms with Crippen molar-refractivity contribution in [2.24, 2.45) is 0 Å². The van der Waals surface area contributed by atoms with Gasteiger partial charge in [0.05, 0.1) is 17.8 Å². The van der Waals surface area contributed by atoms with Crippen molar-refractivity contribution in [2.45, 2.75) is 26.9 Å². The Bertz CT molecular complexity index is 677. The first-order valence-corrected chi connectivity index (χ1v) is 6.92. The molecule has 0 bridgehead atoms. The Morgan fingerprint density at radius 3 is 2.60 bits per heavy atom. The third-order valence-electron chi connectivity index (χ3n) is 3.45. The molecular formula is C16H15ClN2O. The zero-order valence-corrected chi connectivity index (χ0v) is 12.2. The number of aryl methyl sites for hydroxylation is 2. The smallest absolute Gasteiger partial charge is 0.256 e. The highest BCUT2D eigenvalue weighted by Crippen LogP contribution is 2.24. The highest BCUT2D eigenvalue weighted by atomic mass is 35.5. The van der Waals surface area contributed by atoms with Crippen LogP contribution in [0.25, 0.3) is 0 Å². The lowest BCUT2D eigenvalue weighted by Crippen LogP contribution is -2.23. The molecule has 0 unspecified atom stereocenters. The van der Waals surface area contributed by atoms with Crippen molar-refractivity contribution >= 4 is 17.5 Å². The number of benzene rings is 1. The maximum Gasteiger partial charge on any atom is 0.256 e. The summed E-state index contributed by atoms with van der Waals surface area (Å²) in [4.78, 5) is 18.4. The number of halogens is 1. The second kappa shape index (κ2) is 4.91. The fourth-order valence-electron chi connectivity index (χ4n) is 2.72. The van der Waals surface area contributed by atoms with Crippen LogP contribution in [0.4, 0.5) is 0 Å². The number of hydrogen-bond donors (Lipinski definition) is 0. The number of rotatable bonds is 2. The first-order valence-electron chi connectivity index (χ1n) is 6.55. The van der Waals surface area contributed by atoms with Crippen molar-refractivity contribution in [1.29, 1.82) is 0 Å². The molecule has 0 atom stereocenters. The largest absolute Gasteiger partial charge is 0.328 e. The molecule has 20 heavy (non-hydrogen) atoms. The van der Waals surface area contributed by atoms with E-state index in [0.29, 0.717) is 23.8 Å². The van der Waals surface area contributed by atoms with Crippen molar-refractivity contribution in [3.05, 3.63) is 63.4 Å². The van der Waals surface area contributed by atoms with Gasteiger partial charge in [0.25, 0.3) is 5.91 Å². The first kappa shape index (κ1) is 13.1. The predicted molar refractivity (Wildman–Crippen MR) is 78.7 cm³/mol. The fourth-order valence-corrected chi connectivity index (χ4v) is 2.89. The van der Waals surface area contributed by atoms with Crippen molar-refractivity contribution in [1.82, 2.24) is 9.88 Å². The summed E-state index contributed by atoms with van der Waals surface area (Å²) in [5.74, 6) is 0.0309. The third kappa shape index (κ3) is 2.41. The first-order chi connectivity index (χ1) is 9.52. The van der Waals surface area contributed by atoms with Crippen LogP contribution < -0.4 is 0 Å². The molecule has 1 aliphatic rings. The van der Waals surface area contributed by atoms with Crippen LogP contribution >= 0.6 is 11.6 Å². The molecule has 0 N–H and O–H groups in total. The number of pyridine rings is 1. The number of fused-ring (bicyclic) bond motifs is 1.